The summed E-state index contributed by atoms with van der Waals surface area (Å²) >= 11 is 0. The Kier molecular flexibility index (Phi) is 4.46. The number of rotatable bonds is 4. The molecule has 0 aliphatic carbocycles. The Labute approximate surface area is 87.4 Å². The number of carbonyl (C=O) groups excluding carboxylic acids is 1. The van der Waals surface area contributed by atoms with Crippen LogP contribution in [0.5, 0.6) is 0 Å². The molecule has 0 aromatic rings. The van der Waals surface area contributed by atoms with Gasteiger partial charge in [-0.25, -0.2) is 4.79 Å². The van der Waals surface area contributed by atoms with Gasteiger partial charge in [0.2, 0.25) is 0 Å². The quantitative estimate of drug-likeness (QED) is 0.495. The monoisotopic (exact) mass is 220 g/mol. The van der Waals surface area contributed by atoms with E-state index in [9.17, 15) is 15.0 Å². The van der Waals surface area contributed by atoms with Crippen LogP contribution in [-0.2, 0) is 14.3 Å². The highest BCUT2D eigenvalue weighted by Crippen LogP contribution is 2.21. The second-order valence-corrected chi connectivity index (χ2v) is 3.43. The molecule has 4 atom stereocenters. The van der Waals surface area contributed by atoms with Gasteiger partial charge in [0.1, 0.15) is 18.3 Å². The van der Waals surface area contributed by atoms with Gasteiger partial charge >= 0.3 is 5.97 Å². The molecule has 1 rings (SSSR count). The van der Waals surface area contributed by atoms with Gasteiger partial charge in [-0.2, -0.15) is 0 Å². The molecule has 0 amide bonds. The molecule has 1 saturated heterocycles. The SMILES string of the molecule is CCCOC(=O)[C@@H]1O[C@H](CO)[C@@H](O)[C@@H]1O. The fourth-order valence-electron chi connectivity index (χ4n) is 1.38. The first-order chi connectivity index (χ1) is 7.11. The first-order valence-electron chi connectivity index (χ1n) is 4.90. The molecule has 0 unspecified atom stereocenters. The van der Waals surface area contributed by atoms with Crippen molar-refractivity contribution in [2.45, 2.75) is 37.8 Å². The molecule has 1 heterocycles. The van der Waals surface area contributed by atoms with E-state index in [4.69, 9.17) is 14.6 Å². The molecular weight excluding hydrogens is 204 g/mol. The molecule has 1 aliphatic heterocycles. The second kappa shape index (κ2) is 5.41. The summed E-state index contributed by atoms with van der Waals surface area (Å²) in [6.45, 7) is 1.63. The molecule has 1 aliphatic rings. The van der Waals surface area contributed by atoms with Crippen molar-refractivity contribution in [3.63, 3.8) is 0 Å². The van der Waals surface area contributed by atoms with Crippen LogP contribution >= 0.6 is 0 Å². The van der Waals surface area contributed by atoms with E-state index in [1.807, 2.05) is 6.92 Å². The third kappa shape index (κ3) is 2.66. The highest BCUT2D eigenvalue weighted by Gasteiger charge is 2.46. The average molecular weight is 220 g/mol. The van der Waals surface area contributed by atoms with Crippen molar-refractivity contribution in [3.8, 4) is 0 Å². The summed E-state index contributed by atoms with van der Waals surface area (Å²) in [6.07, 6.45) is -4.07. The Hall–Kier alpha value is -0.690. The van der Waals surface area contributed by atoms with Crippen molar-refractivity contribution in [1.82, 2.24) is 0 Å². The number of aliphatic hydroxyl groups excluding tert-OH is 3. The van der Waals surface area contributed by atoms with Gasteiger partial charge in [0.05, 0.1) is 13.2 Å². The first-order valence-corrected chi connectivity index (χ1v) is 4.90. The Morgan fingerprint density at radius 3 is 2.53 bits per heavy atom. The third-order valence-corrected chi connectivity index (χ3v) is 2.22. The van der Waals surface area contributed by atoms with E-state index >= 15 is 0 Å². The maximum Gasteiger partial charge on any atom is 0.338 e. The Bertz CT molecular complexity index is 219. The molecule has 3 N–H and O–H groups in total. The van der Waals surface area contributed by atoms with Gasteiger partial charge in [-0.15, -0.1) is 0 Å². The minimum atomic E-state index is -1.34. The Balaban J connectivity index is 2.52. The molecule has 0 radical (unpaired) electrons. The summed E-state index contributed by atoms with van der Waals surface area (Å²) in [7, 11) is 0. The maximum absolute atomic E-state index is 11.3. The maximum atomic E-state index is 11.3. The molecule has 15 heavy (non-hydrogen) atoms. The molecule has 0 saturated carbocycles. The van der Waals surface area contributed by atoms with Crippen molar-refractivity contribution in [2.75, 3.05) is 13.2 Å². The van der Waals surface area contributed by atoms with Crippen molar-refractivity contribution in [2.24, 2.45) is 0 Å². The zero-order valence-corrected chi connectivity index (χ0v) is 8.50. The summed E-state index contributed by atoms with van der Waals surface area (Å²) in [5, 5.41) is 27.6. The van der Waals surface area contributed by atoms with Crippen LogP contribution in [0.4, 0.5) is 0 Å². The normalized spacial score (nSPS) is 35.5. The van der Waals surface area contributed by atoms with Crippen molar-refractivity contribution in [3.05, 3.63) is 0 Å². The summed E-state index contributed by atoms with van der Waals surface area (Å²) < 4.78 is 9.74. The van der Waals surface area contributed by atoms with E-state index < -0.39 is 37.0 Å². The van der Waals surface area contributed by atoms with Crippen LogP contribution in [0.2, 0.25) is 0 Å². The minimum Gasteiger partial charge on any atom is -0.464 e. The first kappa shape index (κ1) is 12.4. The molecule has 6 heteroatoms. The number of esters is 1. The van der Waals surface area contributed by atoms with E-state index in [2.05, 4.69) is 0 Å². The lowest BCUT2D eigenvalue weighted by atomic mass is 10.1. The number of hydrogen-bond donors (Lipinski definition) is 3. The second-order valence-electron chi connectivity index (χ2n) is 3.43. The summed E-state index contributed by atoms with van der Waals surface area (Å²) in [6, 6.07) is 0. The average Bonchev–Trinajstić information content (AvgIpc) is 2.52. The van der Waals surface area contributed by atoms with Crippen LogP contribution in [0, 0.1) is 0 Å². The number of aliphatic hydroxyl groups is 3. The predicted molar refractivity (Wildman–Crippen MR) is 49.0 cm³/mol. The number of carbonyl (C=O) groups is 1. The van der Waals surface area contributed by atoms with Crippen molar-refractivity contribution < 1.29 is 29.6 Å². The lowest BCUT2D eigenvalue weighted by Crippen LogP contribution is -2.37. The smallest absolute Gasteiger partial charge is 0.338 e. The standard InChI is InChI=1S/C9H16O6/c1-2-3-14-9(13)8-7(12)6(11)5(4-10)15-8/h5-8,10-12H,2-4H2,1H3/t5-,6-,7+,8-/m1/s1. The van der Waals surface area contributed by atoms with Gasteiger partial charge in [0, 0.05) is 0 Å². The van der Waals surface area contributed by atoms with E-state index in [1.54, 1.807) is 0 Å². The highest BCUT2D eigenvalue weighted by atomic mass is 16.6. The molecule has 0 aromatic carbocycles. The van der Waals surface area contributed by atoms with Gasteiger partial charge in [-0.1, -0.05) is 6.92 Å². The third-order valence-electron chi connectivity index (χ3n) is 2.22. The number of hydrogen-bond acceptors (Lipinski definition) is 6. The van der Waals surface area contributed by atoms with E-state index in [-0.39, 0.29) is 6.61 Å². The lowest BCUT2D eigenvalue weighted by Gasteiger charge is -2.13. The number of ether oxygens (including phenoxy) is 2. The van der Waals surface area contributed by atoms with Crippen LogP contribution in [0.1, 0.15) is 13.3 Å². The Morgan fingerprint density at radius 2 is 2.07 bits per heavy atom. The minimum absolute atomic E-state index is 0.241. The highest BCUT2D eigenvalue weighted by molar-refractivity contribution is 5.76. The van der Waals surface area contributed by atoms with Crippen molar-refractivity contribution >= 4 is 5.97 Å². The van der Waals surface area contributed by atoms with Crippen LogP contribution in [0.15, 0.2) is 0 Å². The van der Waals surface area contributed by atoms with Gasteiger partial charge in [0.15, 0.2) is 6.10 Å². The zero-order valence-electron chi connectivity index (χ0n) is 8.50. The zero-order chi connectivity index (χ0) is 11.4. The van der Waals surface area contributed by atoms with Gasteiger partial charge in [-0.05, 0) is 6.42 Å². The molecule has 88 valence electrons. The molecule has 0 aromatic heterocycles. The molecular formula is C9H16O6. The van der Waals surface area contributed by atoms with Crippen LogP contribution in [-0.4, -0.2) is 58.9 Å². The summed E-state index contributed by atoms with van der Waals surface area (Å²) in [5.74, 6) is -0.709. The van der Waals surface area contributed by atoms with E-state index in [1.165, 1.54) is 0 Å². The fraction of sp³-hybridized carbons (Fsp3) is 0.889. The lowest BCUT2D eigenvalue weighted by molar-refractivity contribution is -0.160. The molecule has 0 bridgehead atoms. The van der Waals surface area contributed by atoms with Crippen LogP contribution in [0.25, 0.3) is 0 Å². The topological polar surface area (TPSA) is 96.2 Å². The summed E-state index contributed by atoms with van der Waals surface area (Å²) in [4.78, 5) is 11.3. The fourth-order valence-corrected chi connectivity index (χ4v) is 1.38. The largest absolute Gasteiger partial charge is 0.464 e. The molecule has 1 fully saturated rings. The van der Waals surface area contributed by atoms with Gasteiger partial charge in [-0.3, -0.25) is 0 Å². The van der Waals surface area contributed by atoms with Gasteiger partial charge < -0.3 is 24.8 Å². The van der Waals surface area contributed by atoms with Crippen LogP contribution < -0.4 is 0 Å². The van der Waals surface area contributed by atoms with E-state index in [0.29, 0.717) is 6.42 Å². The van der Waals surface area contributed by atoms with Gasteiger partial charge in [0.25, 0.3) is 0 Å². The van der Waals surface area contributed by atoms with Crippen molar-refractivity contribution in [1.29, 1.82) is 0 Å². The predicted octanol–water partition coefficient (Wildman–Crippen LogP) is -1.58. The molecule has 6 nitrogen and oxygen atoms in total. The summed E-state index contributed by atoms with van der Waals surface area (Å²) in [5.41, 5.74) is 0. The van der Waals surface area contributed by atoms with Crippen LogP contribution in [0.3, 0.4) is 0 Å². The molecule has 0 spiro atoms. The Morgan fingerprint density at radius 1 is 1.40 bits per heavy atom. The van der Waals surface area contributed by atoms with E-state index in [0.717, 1.165) is 0 Å².